The van der Waals surface area contributed by atoms with Gasteiger partial charge in [-0.15, -0.1) is 0 Å². The maximum Gasteiger partial charge on any atom is 0.294 e. The summed E-state index contributed by atoms with van der Waals surface area (Å²) in [7, 11) is -3.94. The Kier molecular flexibility index (Phi) is 4.85. The highest BCUT2D eigenvalue weighted by Gasteiger charge is 2.21. The fraction of sp³-hybridized carbons (Fsp3) is 0. The number of sulfonamides is 1. The highest BCUT2D eigenvalue weighted by atomic mass is 32.2. The average molecular weight is 369 g/mol. The van der Waals surface area contributed by atoms with Crippen LogP contribution in [-0.2, 0) is 10.0 Å². The number of hydrogen-bond donors (Lipinski definition) is 2. The smallest absolute Gasteiger partial charge is 0.294 e. The summed E-state index contributed by atoms with van der Waals surface area (Å²) in [6, 6.07) is 21.0. The Balaban J connectivity index is 1.94. The van der Waals surface area contributed by atoms with Gasteiger partial charge in [0.1, 0.15) is 5.69 Å². The zero-order chi connectivity index (χ0) is 18.6. The number of nitrogens with zero attached hydrogens (tertiary/aromatic N) is 1. The van der Waals surface area contributed by atoms with Gasteiger partial charge in [-0.05, 0) is 36.4 Å². The Morgan fingerprint density at radius 3 is 1.96 bits per heavy atom. The highest BCUT2D eigenvalue weighted by molar-refractivity contribution is 7.92. The van der Waals surface area contributed by atoms with Crippen LogP contribution in [0.1, 0.15) is 0 Å². The van der Waals surface area contributed by atoms with Crippen LogP contribution in [0.2, 0.25) is 0 Å². The van der Waals surface area contributed by atoms with Crippen LogP contribution in [0.15, 0.2) is 83.8 Å². The number of nitrogens with one attached hydrogen (secondary N) is 2. The van der Waals surface area contributed by atoms with Crippen molar-refractivity contribution in [1.82, 2.24) is 0 Å². The van der Waals surface area contributed by atoms with E-state index in [0.717, 1.165) is 6.07 Å². The summed E-state index contributed by atoms with van der Waals surface area (Å²) in [4.78, 5) is 10.6. The number of anilines is 3. The molecule has 7 nitrogen and oxygen atoms in total. The second-order valence-electron chi connectivity index (χ2n) is 5.40. The predicted octanol–water partition coefficient (Wildman–Crippen LogP) is 4.14. The molecule has 132 valence electrons. The van der Waals surface area contributed by atoms with E-state index in [4.69, 9.17) is 0 Å². The lowest BCUT2D eigenvalue weighted by molar-refractivity contribution is -0.384. The molecular formula is C18H15N3O4S. The van der Waals surface area contributed by atoms with E-state index in [2.05, 4.69) is 10.0 Å². The molecule has 0 heterocycles. The van der Waals surface area contributed by atoms with Gasteiger partial charge in [-0.25, -0.2) is 8.42 Å². The minimum absolute atomic E-state index is 0.188. The van der Waals surface area contributed by atoms with E-state index >= 15 is 0 Å². The summed E-state index contributed by atoms with van der Waals surface area (Å²) in [6.45, 7) is 0. The van der Waals surface area contributed by atoms with Crippen molar-refractivity contribution in [1.29, 1.82) is 0 Å². The minimum Gasteiger partial charge on any atom is -0.350 e. The lowest BCUT2D eigenvalue weighted by Gasteiger charge is -2.10. The molecule has 2 N–H and O–H groups in total. The molecule has 3 aromatic carbocycles. The van der Waals surface area contributed by atoms with Crippen molar-refractivity contribution in [3.8, 4) is 0 Å². The first kappa shape index (κ1) is 17.4. The summed E-state index contributed by atoms with van der Waals surface area (Å²) in [5.74, 6) is 0. The first-order valence-corrected chi connectivity index (χ1v) is 9.12. The number of nitro benzene ring substituents is 1. The van der Waals surface area contributed by atoms with Gasteiger partial charge in [-0.2, -0.15) is 0 Å². The Labute approximate surface area is 150 Å². The van der Waals surface area contributed by atoms with Crippen LogP contribution in [0.3, 0.4) is 0 Å². The highest BCUT2D eigenvalue weighted by Crippen LogP contribution is 2.30. The molecule has 0 radical (unpaired) electrons. The molecule has 0 aliphatic rings. The van der Waals surface area contributed by atoms with Crippen molar-refractivity contribution >= 4 is 32.8 Å². The van der Waals surface area contributed by atoms with Crippen LogP contribution in [0.5, 0.6) is 0 Å². The molecule has 0 aliphatic carbocycles. The Morgan fingerprint density at radius 2 is 1.38 bits per heavy atom. The monoisotopic (exact) mass is 369 g/mol. The molecular weight excluding hydrogens is 354 g/mol. The van der Waals surface area contributed by atoms with E-state index in [1.54, 1.807) is 54.6 Å². The maximum absolute atomic E-state index is 12.5. The van der Waals surface area contributed by atoms with Crippen LogP contribution in [0, 0.1) is 10.1 Å². The van der Waals surface area contributed by atoms with Crippen LogP contribution in [0.25, 0.3) is 0 Å². The van der Waals surface area contributed by atoms with Crippen LogP contribution < -0.4 is 10.0 Å². The standard InChI is InChI=1S/C18H15N3O4S/c22-21(23)18-13-16(26(24,25)20-15-9-5-2-6-10-15)11-12-17(18)19-14-7-3-1-4-8-14/h1-13,19-20H. The molecule has 0 spiro atoms. The van der Waals surface area contributed by atoms with Crippen molar-refractivity contribution in [2.24, 2.45) is 0 Å². The van der Waals surface area contributed by atoms with Crippen LogP contribution >= 0.6 is 0 Å². The second-order valence-corrected chi connectivity index (χ2v) is 7.08. The largest absolute Gasteiger partial charge is 0.350 e. The third-order valence-electron chi connectivity index (χ3n) is 3.55. The molecule has 8 heteroatoms. The third-order valence-corrected chi connectivity index (χ3v) is 4.93. The van der Waals surface area contributed by atoms with E-state index in [9.17, 15) is 18.5 Å². The number of para-hydroxylation sites is 2. The maximum atomic E-state index is 12.5. The zero-order valence-electron chi connectivity index (χ0n) is 13.5. The number of nitro groups is 1. The molecule has 0 fully saturated rings. The topological polar surface area (TPSA) is 101 Å². The van der Waals surface area contributed by atoms with Gasteiger partial charge in [0.2, 0.25) is 0 Å². The van der Waals surface area contributed by atoms with E-state index in [0.29, 0.717) is 11.4 Å². The van der Waals surface area contributed by atoms with E-state index in [1.807, 2.05) is 6.07 Å². The Morgan fingerprint density at radius 1 is 0.808 bits per heavy atom. The first-order chi connectivity index (χ1) is 12.5. The predicted molar refractivity (Wildman–Crippen MR) is 100 cm³/mol. The lowest BCUT2D eigenvalue weighted by Crippen LogP contribution is -2.13. The lowest BCUT2D eigenvalue weighted by atomic mass is 10.2. The summed E-state index contributed by atoms with van der Waals surface area (Å²) in [5, 5.41) is 14.3. The van der Waals surface area contributed by atoms with Crippen LogP contribution in [-0.4, -0.2) is 13.3 Å². The molecule has 0 saturated heterocycles. The molecule has 0 amide bonds. The van der Waals surface area contributed by atoms with Crippen molar-refractivity contribution < 1.29 is 13.3 Å². The van der Waals surface area contributed by atoms with Crippen LogP contribution in [0.4, 0.5) is 22.7 Å². The molecule has 0 saturated carbocycles. The second kappa shape index (κ2) is 7.24. The van der Waals surface area contributed by atoms with Gasteiger partial charge in [0.05, 0.1) is 9.82 Å². The van der Waals surface area contributed by atoms with Gasteiger partial charge < -0.3 is 5.32 Å². The molecule has 26 heavy (non-hydrogen) atoms. The number of rotatable bonds is 6. The molecule has 0 aliphatic heterocycles. The molecule has 3 rings (SSSR count). The van der Waals surface area contributed by atoms with Gasteiger partial charge in [0.25, 0.3) is 15.7 Å². The number of benzene rings is 3. The van der Waals surface area contributed by atoms with Gasteiger partial charge >= 0.3 is 0 Å². The summed E-state index contributed by atoms with van der Waals surface area (Å²) in [5.41, 5.74) is 0.917. The van der Waals surface area contributed by atoms with Gasteiger partial charge in [0.15, 0.2) is 0 Å². The minimum atomic E-state index is -3.94. The SMILES string of the molecule is O=[N+]([O-])c1cc(S(=O)(=O)Nc2ccccc2)ccc1Nc1ccccc1. The van der Waals surface area contributed by atoms with E-state index in [-0.39, 0.29) is 16.3 Å². The molecule has 0 bridgehead atoms. The fourth-order valence-corrected chi connectivity index (χ4v) is 3.41. The Hall–Kier alpha value is -3.39. The first-order valence-electron chi connectivity index (χ1n) is 7.64. The average Bonchev–Trinajstić information content (AvgIpc) is 2.63. The molecule has 0 atom stereocenters. The van der Waals surface area contributed by atoms with Crippen molar-refractivity contribution in [2.75, 3.05) is 10.0 Å². The van der Waals surface area contributed by atoms with Gasteiger partial charge in [-0.1, -0.05) is 36.4 Å². The molecule has 0 unspecified atom stereocenters. The fourth-order valence-electron chi connectivity index (χ4n) is 2.33. The summed E-state index contributed by atoms with van der Waals surface area (Å²) in [6.07, 6.45) is 0. The number of hydrogen-bond acceptors (Lipinski definition) is 5. The Bertz CT molecular complexity index is 1020. The third kappa shape index (κ3) is 3.98. The quantitative estimate of drug-likeness (QED) is 0.502. The summed E-state index contributed by atoms with van der Waals surface area (Å²) >= 11 is 0. The van der Waals surface area contributed by atoms with Gasteiger partial charge in [-0.3, -0.25) is 14.8 Å². The molecule has 0 aromatic heterocycles. The molecule has 3 aromatic rings. The summed E-state index contributed by atoms with van der Waals surface area (Å²) < 4.78 is 27.4. The van der Waals surface area contributed by atoms with Crippen molar-refractivity contribution in [3.63, 3.8) is 0 Å². The van der Waals surface area contributed by atoms with Gasteiger partial charge in [0, 0.05) is 17.4 Å². The van der Waals surface area contributed by atoms with Crippen molar-refractivity contribution in [2.45, 2.75) is 4.90 Å². The normalized spacial score (nSPS) is 10.9. The van der Waals surface area contributed by atoms with Crippen molar-refractivity contribution in [3.05, 3.63) is 89.0 Å². The van der Waals surface area contributed by atoms with E-state index < -0.39 is 14.9 Å². The zero-order valence-corrected chi connectivity index (χ0v) is 14.3. The van der Waals surface area contributed by atoms with E-state index in [1.165, 1.54) is 12.1 Å².